The zero-order valence-electron chi connectivity index (χ0n) is 12.3. The van der Waals surface area contributed by atoms with Crippen LogP contribution in [0.25, 0.3) is 32.7 Å². The Morgan fingerprint density at radius 2 is 1.26 bits per heavy atom. The third kappa shape index (κ3) is 2.42. The van der Waals surface area contributed by atoms with E-state index in [4.69, 9.17) is 0 Å². The van der Waals surface area contributed by atoms with Crippen LogP contribution in [0, 0.1) is 10.1 Å². The molecule has 3 heteroatoms. The first-order valence-electron chi connectivity index (χ1n) is 7.38. The highest BCUT2D eigenvalue weighted by Gasteiger charge is 2.07. The second kappa shape index (κ2) is 5.21. The van der Waals surface area contributed by atoms with Crippen LogP contribution in [0.1, 0.15) is 0 Å². The van der Waals surface area contributed by atoms with Crippen LogP contribution in [0.15, 0.2) is 78.9 Å². The molecule has 0 heterocycles. The van der Waals surface area contributed by atoms with Gasteiger partial charge >= 0.3 is 0 Å². The van der Waals surface area contributed by atoms with Gasteiger partial charge in [0.25, 0.3) is 5.69 Å². The number of nitro benzene ring substituents is 1. The monoisotopic (exact) mass is 299 g/mol. The van der Waals surface area contributed by atoms with E-state index in [1.54, 1.807) is 18.2 Å². The molecular weight excluding hydrogens is 286 g/mol. The Balaban J connectivity index is 1.93. The number of hydrogen-bond donors (Lipinski definition) is 0. The van der Waals surface area contributed by atoms with Gasteiger partial charge in [0.15, 0.2) is 0 Å². The van der Waals surface area contributed by atoms with E-state index in [0.717, 1.165) is 32.7 Å². The minimum absolute atomic E-state index is 0.121. The van der Waals surface area contributed by atoms with Crippen LogP contribution in [0.3, 0.4) is 0 Å². The molecule has 0 aliphatic heterocycles. The first-order valence-corrected chi connectivity index (χ1v) is 7.38. The van der Waals surface area contributed by atoms with Gasteiger partial charge in [-0.3, -0.25) is 10.1 Å². The highest BCUT2D eigenvalue weighted by Crippen LogP contribution is 2.29. The molecule has 0 spiro atoms. The van der Waals surface area contributed by atoms with Gasteiger partial charge in [-0.2, -0.15) is 0 Å². The Labute approximate surface area is 133 Å². The third-order valence-corrected chi connectivity index (χ3v) is 4.10. The number of nitro groups is 1. The Morgan fingerprint density at radius 3 is 2.00 bits per heavy atom. The zero-order valence-corrected chi connectivity index (χ0v) is 12.3. The lowest BCUT2D eigenvalue weighted by Gasteiger charge is -2.06. The maximum Gasteiger partial charge on any atom is 0.270 e. The highest BCUT2D eigenvalue weighted by atomic mass is 16.6. The van der Waals surface area contributed by atoms with E-state index in [1.165, 1.54) is 0 Å². The van der Waals surface area contributed by atoms with Gasteiger partial charge in [-0.25, -0.2) is 0 Å². The lowest BCUT2D eigenvalue weighted by atomic mass is 9.98. The van der Waals surface area contributed by atoms with Crippen LogP contribution in [0.2, 0.25) is 0 Å². The third-order valence-electron chi connectivity index (χ3n) is 4.10. The number of benzene rings is 4. The van der Waals surface area contributed by atoms with Crippen molar-refractivity contribution in [2.24, 2.45) is 0 Å². The maximum atomic E-state index is 11.0. The average Bonchev–Trinajstić information content (AvgIpc) is 2.59. The smallest absolute Gasteiger partial charge is 0.258 e. The molecule has 0 aliphatic rings. The number of hydrogen-bond acceptors (Lipinski definition) is 2. The largest absolute Gasteiger partial charge is 0.270 e. The maximum absolute atomic E-state index is 11.0. The van der Waals surface area contributed by atoms with Crippen LogP contribution in [0.5, 0.6) is 0 Å². The molecule has 110 valence electrons. The second-order valence-electron chi connectivity index (χ2n) is 5.57. The normalized spacial score (nSPS) is 11.0. The van der Waals surface area contributed by atoms with Gasteiger partial charge in [0.2, 0.25) is 0 Å². The zero-order chi connectivity index (χ0) is 15.8. The summed E-state index contributed by atoms with van der Waals surface area (Å²) in [5, 5.41) is 15.1. The molecule has 3 nitrogen and oxygen atoms in total. The van der Waals surface area contributed by atoms with E-state index >= 15 is 0 Å². The van der Waals surface area contributed by atoms with Crippen molar-refractivity contribution >= 4 is 27.2 Å². The van der Waals surface area contributed by atoms with Gasteiger partial charge in [-0.05, 0) is 56.9 Å². The van der Waals surface area contributed by atoms with Crippen LogP contribution in [-0.4, -0.2) is 4.92 Å². The molecule has 4 aromatic rings. The summed E-state index contributed by atoms with van der Waals surface area (Å²) in [5.41, 5.74) is 2.42. The van der Waals surface area contributed by atoms with Crippen molar-refractivity contribution in [2.45, 2.75) is 0 Å². The SMILES string of the molecule is O=[N+]([O-])c1ccc2cc3ccc(-c4ccccc4)cc3cc2c1. The molecule has 0 radical (unpaired) electrons. The van der Waals surface area contributed by atoms with Crippen LogP contribution >= 0.6 is 0 Å². The van der Waals surface area contributed by atoms with Gasteiger partial charge in [-0.15, -0.1) is 0 Å². The summed E-state index contributed by atoms with van der Waals surface area (Å²) in [4.78, 5) is 10.6. The fraction of sp³-hybridized carbons (Fsp3) is 0. The Bertz CT molecular complexity index is 1040. The van der Waals surface area contributed by atoms with Gasteiger partial charge in [-0.1, -0.05) is 42.5 Å². The van der Waals surface area contributed by atoms with E-state index in [1.807, 2.05) is 24.3 Å². The summed E-state index contributed by atoms with van der Waals surface area (Å²) in [6.07, 6.45) is 0. The predicted octanol–water partition coefficient (Wildman–Crippen LogP) is 5.57. The van der Waals surface area contributed by atoms with Crippen LogP contribution in [0.4, 0.5) is 5.69 Å². The van der Waals surface area contributed by atoms with Crippen molar-refractivity contribution in [2.75, 3.05) is 0 Å². The van der Waals surface area contributed by atoms with E-state index < -0.39 is 0 Å². The number of non-ortho nitro benzene ring substituents is 1. The van der Waals surface area contributed by atoms with Crippen molar-refractivity contribution in [3.8, 4) is 11.1 Å². The summed E-state index contributed by atoms with van der Waals surface area (Å²) < 4.78 is 0. The summed E-state index contributed by atoms with van der Waals surface area (Å²) in [7, 11) is 0. The Hall–Kier alpha value is -3.20. The highest BCUT2D eigenvalue weighted by molar-refractivity contribution is 6.00. The number of fused-ring (bicyclic) bond motifs is 2. The topological polar surface area (TPSA) is 43.1 Å². The van der Waals surface area contributed by atoms with Gasteiger partial charge in [0.1, 0.15) is 0 Å². The number of nitrogens with zero attached hydrogens (tertiary/aromatic N) is 1. The minimum Gasteiger partial charge on any atom is -0.258 e. The van der Waals surface area contributed by atoms with Gasteiger partial charge in [0.05, 0.1) is 4.92 Å². The quantitative estimate of drug-likeness (QED) is 0.276. The standard InChI is InChI=1S/C20H13NO2/c22-21(23)20-9-8-17-10-16-7-6-15(14-4-2-1-3-5-14)11-18(16)12-19(17)13-20/h1-13H. The summed E-state index contributed by atoms with van der Waals surface area (Å²) in [5.74, 6) is 0. The molecular formula is C20H13NO2. The minimum atomic E-state index is -0.357. The molecule has 0 N–H and O–H groups in total. The lowest BCUT2D eigenvalue weighted by Crippen LogP contribution is -1.87. The van der Waals surface area contributed by atoms with Crippen molar-refractivity contribution < 1.29 is 4.92 Å². The van der Waals surface area contributed by atoms with Gasteiger partial charge in [0, 0.05) is 12.1 Å². The molecule has 0 aromatic heterocycles. The summed E-state index contributed by atoms with van der Waals surface area (Å²) in [6.45, 7) is 0. The molecule has 4 aromatic carbocycles. The van der Waals surface area contributed by atoms with Crippen LogP contribution in [-0.2, 0) is 0 Å². The van der Waals surface area contributed by atoms with Crippen LogP contribution < -0.4 is 0 Å². The molecule has 0 atom stereocenters. The van der Waals surface area contributed by atoms with Crippen molar-refractivity contribution in [3.63, 3.8) is 0 Å². The molecule has 0 saturated carbocycles. The van der Waals surface area contributed by atoms with E-state index in [-0.39, 0.29) is 10.6 Å². The van der Waals surface area contributed by atoms with Crippen molar-refractivity contribution in [1.82, 2.24) is 0 Å². The molecule has 0 unspecified atom stereocenters. The Morgan fingerprint density at radius 1 is 0.609 bits per heavy atom. The first-order chi connectivity index (χ1) is 11.2. The first kappa shape index (κ1) is 13.5. The molecule has 0 amide bonds. The van der Waals surface area contributed by atoms with E-state index in [2.05, 4.69) is 36.4 Å². The average molecular weight is 299 g/mol. The molecule has 4 rings (SSSR count). The van der Waals surface area contributed by atoms with E-state index in [9.17, 15) is 10.1 Å². The summed E-state index contributed by atoms with van der Waals surface area (Å²) >= 11 is 0. The molecule has 0 aliphatic carbocycles. The molecule has 0 saturated heterocycles. The summed E-state index contributed by atoms with van der Waals surface area (Å²) in [6, 6.07) is 25.6. The molecule has 0 bridgehead atoms. The second-order valence-corrected chi connectivity index (χ2v) is 5.57. The molecule has 0 fully saturated rings. The predicted molar refractivity (Wildman–Crippen MR) is 93.5 cm³/mol. The van der Waals surface area contributed by atoms with Crippen molar-refractivity contribution in [1.29, 1.82) is 0 Å². The fourth-order valence-electron chi connectivity index (χ4n) is 2.91. The lowest BCUT2D eigenvalue weighted by molar-refractivity contribution is -0.384. The van der Waals surface area contributed by atoms with E-state index in [0.29, 0.717) is 0 Å². The Kier molecular flexibility index (Phi) is 3.05. The van der Waals surface area contributed by atoms with Crippen molar-refractivity contribution in [3.05, 3.63) is 89.0 Å². The van der Waals surface area contributed by atoms with Gasteiger partial charge < -0.3 is 0 Å². The number of rotatable bonds is 2. The fourth-order valence-corrected chi connectivity index (χ4v) is 2.91. The molecule has 23 heavy (non-hydrogen) atoms.